The van der Waals surface area contributed by atoms with E-state index in [0.717, 1.165) is 12.3 Å². The summed E-state index contributed by atoms with van der Waals surface area (Å²) >= 11 is 0. The van der Waals surface area contributed by atoms with E-state index >= 15 is 0 Å². The average Bonchev–Trinajstić information content (AvgIpc) is 2.29. The Morgan fingerprint density at radius 2 is 1.88 bits per heavy atom. The fourth-order valence-corrected chi connectivity index (χ4v) is 2.94. The second-order valence-corrected chi connectivity index (χ2v) is 5.13. The Balaban J connectivity index is 2.48. The average molecular weight is 225 g/mol. The molecule has 1 unspecified atom stereocenters. The number of nitrogens with two attached hydrogens (primary N) is 1. The predicted molar refractivity (Wildman–Crippen MR) is 69.8 cm³/mol. The van der Waals surface area contributed by atoms with Crippen LogP contribution in [0.15, 0.2) is 0 Å². The second kappa shape index (κ2) is 6.24. The third-order valence-electron chi connectivity index (χ3n) is 4.21. The molecule has 3 heteroatoms. The molecule has 0 bridgehead atoms. The number of amidine groups is 1. The maximum absolute atomic E-state index is 7.61. The van der Waals surface area contributed by atoms with Crippen LogP contribution in [0.5, 0.6) is 0 Å². The Hall–Kier alpha value is -0.570. The van der Waals surface area contributed by atoms with Crippen LogP contribution in [0, 0.1) is 11.3 Å². The second-order valence-electron chi connectivity index (χ2n) is 5.13. The van der Waals surface area contributed by atoms with Gasteiger partial charge >= 0.3 is 0 Å². The van der Waals surface area contributed by atoms with E-state index in [1.54, 1.807) is 0 Å². The quantitative estimate of drug-likeness (QED) is 0.558. The van der Waals surface area contributed by atoms with Crippen LogP contribution in [-0.2, 0) is 0 Å². The Bertz CT molecular complexity index is 219. The fourth-order valence-electron chi connectivity index (χ4n) is 2.94. The van der Waals surface area contributed by atoms with Gasteiger partial charge in [-0.15, -0.1) is 0 Å². The Kier molecular flexibility index (Phi) is 5.26. The lowest BCUT2D eigenvalue weighted by molar-refractivity contribution is 0.142. The zero-order valence-electron chi connectivity index (χ0n) is 11.0. The van der Waals surface area contributed by atoms with Crippen molar-refractivity contribution >= 4 is 5.84 Å². The number of nitrogens with one attached hydrogen (secondary N) is 1. The van der Waals surface area contributed by atoms with E-state index in [9.17, 15) is 0 Å². The summed E-state index contributed by atoms with van der Waals surface area (Å²) in [5.41, 5.74) is 5.65. The summed E-state index contributed by atoms with van der Waals surface area (Å²) in [6.45, 7) is 4.40. The first-order chi connectivity index (χ1) is 7.60. The van der Waals surface area contributed by atoms with Crippen molar-refractivity contribution in [3.8, 4) is 0 Å². The first-order valence-electron chi connectivity index (χ1n) is 6.65. The van der Waals surface area contributed by atoms with Crippen molar-refractivity contribution in [1.29, 1.82) is 5.41 Å². The lowest BCUT2D eigenvalue weighted by atomic mass is 9.83. The largest absolute Gasteiger partial charge is 0.386 e. The van der Waals surface area contributed by atoms with E-state index in [1.165, 1.54) is 32.1 Å². The molecule has 0 spiro atoms. The predicted octanol–water partition coefficient (Wildman–Crippen LogP) is 2.60. The maximum atomic E-state index is 7.61. The Labute approximate surface area is 99.9 Å². The monoisotopic (exact) mass is 225 g/mol. The minimum atomic E-state index is 0.142. The molecule has 0 aromatic carbocycles. The molecule has 0 heterocycles. The molecule has 1 atom stereocenters. The Morgan fingerprint density at radius 3 is 2.25 bits per heavy atom. The summed E-state index contributed by atoms with van der Waals surface area (Å²) < 4.78 is 0. The fraction of sp³-hybridized carbons (Fsp3) is 0.923. The highest BCUT2D eigenvalue weighted by Gasteiger charge is 2.27. The van der Waals surface area contributed by atoms with Gasteiger partial charge in [0.2, 0.25) is 0 Å². The molecule has 1 aliphatic rings. The number of nitrogens with zero attached hydrogens (tertiary/aromatic N) is 1. The molecular formula is C13H27N3. The summed E-state index contributed by atoms with van der Waals surface area (Å²) in [6, 6.07) is 0.778. The first kappa shape index (κ1) is 13.5. The number of likely N-dealkylation sites (N-methyl/N-ethyl adjacent to an activating group) is 1. The van der Waals surface area contributed by atoms with Crippen molar-refractivity contribution in [3.63, 3.8) is 0 Å². The zero-order chi connectivity index (χ0) is 12.1. The van der Waals surface area contributed by atoms with Crippen LogP contribution in [0.1, 0.15) is 52.4 Å². The van der Waals surface area contributed by atoms with Crippen molar-refractivity contribution in [3.05, 3.63) is 0 Å². The van der Waals surface area contributed by atoms with Crippen molar-refractivity contribution in [1.82, 2.24) is 4.90 Å². The third-order valence-corrected chi connectivity index (χ3v) is 4.21. The zero-order valence-corrected chi connectivity index (χ0v) is 11.0. The summed E-state index contributed by atoms with van der Waals surface area (Å²) in [5.74, 6) is 1.25. The lowest BCUT2D eigenvalue weighted by Crippen LogP contribution is -2.48. The normalized spacial score (nSPS) is 28.0. The van der Waals surface area contributed by atoms with Gasteiger partial charge in [0.15, 0.2) is 0 Å². The molecule has 1 rings (SSSR count). The van der Waals surface area contributed by atoms with Gasteiger partial charge < -0.3 is 5.73 Å². The molecule has 16 heavy (non-hydrogen) atoms. The van der Waals surface area contributed by atoms with Crippen LogP contribution in [0.3, 0.4) is 0 Å². The van der Waals surface area contributed by atoms with Crippen LogP contribution >= 0.6 is 0 Å². The van der Waals surface area contributed by atoms with E-state index in [-0.39, 0.29) is 6.04 Å². The van der Waals surface area contributed by atoms with Crippen molar-refractivity contribution in [2.75, 3.05) is 7.05 Å². The molecule has 0 aliphatic heterocycles. The molecular weight excluding hydrogens is 198 g/mol. The number of hydrogen-bond donors (Lipinski definition) is 2. The van der Waals surface area contributed by atoms with Gasteiger partial charge in [0.1, 0.15) is 5.84 Å². The molecule has 0 radical (unpaired) electrons. The molecule has 0 saturated heterocycles. The van der Waals surface area contributed by atoms with Crippen LogP contribution in [-0.4, -0.2) is 29.9 Å². The highest BCUT2D eigenvalue weighted by atomic mass is 15.2. The van der Waals surface area contributed by atoms with Gasteiger partial charge in [0.25, 0.3) is 0 Å². The van der Waals surface area contributed by atoms with Gasteiger partial charge in [-0.3, -0.25) is 10.3 Å². The van der Waals surface area contributed by atoms with E-state index in [2.05, 4.69) is 25.8 Å². The molecule has 0 aromatic rings. The number of hydrogen-bond acceptors (Lipinski definition) is 2. The molecule has 0 aromatic heterocycles. The van der Waals surface area contributed by atoms with E-state index in [0.29, 0.717) is 11.9 Å². The molecule has 1 fully saturated rings. The van der Waals surface area contributed by atoms with Gasteiger partial charge in [-0.2, -0.15) is 0 Å². The Morgan fingerprint density at radius 1 is 1.31 bits per heavy atom. The van der Waals surface area contributed by atoms with Gasteiger partial charge in [-0.05, 0) is 45.1 Å². The summed E-state index contributed by atoms with van der Waals surface area (Å²) in [7, 11) is 2.13. The summed E-state index contributed by atoms with van der Waals surface area (Å²) in [4.78, 5) is 2.33. The minimum absolute atomic E-state index is 0.142. The standard InChI is InChI=1S/C13H27N3/c1-4-10-6-8-11(9-7-10)16(3)12(5-2)13(14)15/h10-12H,4-9H2,1-3H3,(H3,14,15). The van der Waals surface area contributed by atoms with Gasteiger partial charge in [-0.1, -0.05) is 20.3 Å². The van der Waals surface area contributed by atoms with Crippen LogP contribution < -0.4 is 5.73 Å². The van der Waals surface area contributed by atoms with Crippen LogP contribution in [0.4, 0.5) is 0 Å². The summed E-state index contributed by atoms with van der Waals surface area (Å²) in [5, 5.41) is 7.61. The summed E-state index contributed by atoms with van der Waals surface area (Å²) in [6.07, 6.45) is 7.51. The van der Waals surface area contributed by atoms with Gasteiger partial charge in [0.05, 0.1) is 6.04 Å². The van der Waals surface area contributed by atoms with Crippen molar-refractivity contribution in [2.24, 2.45) is 11.7 Å². The topological polar surface area (TPSA) is 53.1 Å². The van der Waals surface area contributed by atoms with Crippen molar-refractivity contribution < 1.29 is 0 Å². The van der Waals surface area contributed by atoms with Crippen molar-refractivity contribution in [2.45, 2.75) is 64.5 Å². The van der Waals surface area contributed by atoms with Gasteiger partial charge in [0, 0.05) is 6.04 Å². The van der Waals surface area contributed by atoms with Crippen LogP contribution in [0.25, 0.3) is 0 Å². The SMILES string of the molecule is CCC1CCC(N(C)C(CC)C(=N)N)CC1. The smallest absolute Gasteiger partial charge is 0.108 e. The molecule has 3 N–H and O–H groups in total. The third kappa shape index (κ3) is 3.21. The number of rotatable bonds is 5. The highest BCUT2D eigenvalue weighted by molar-refractivity contribution is 5.82. The molecule has 3 nitrogen and oxygen atoms in total. The van der Waals surface area contributed by atoms with E-state index in [1.807, 2.05) is 0 Å². The van der Waals surface area contributed by atoms with E-state index < -0.39 is 0 Å². The van der Waals surface area contributed by atoms with Crippen LogP contribution in [0.2, 0.25) is 0 Å². The lowest BCUT2D eigenvalue weighted by Gasteiger charge is -2.38. The van der Waals surface area contributed by atoms with E-state index in [4.69, 9.17) is 11.1 Å². The molecule has 1 saturated carbocycles. The maximum Gasteiger partial charge on any atom is 0.108 e. The molecule has 1 aliphatic carbocycles. The first-order valence-corrected chi connectivity index (χ1v) is 6.65. The minimum Gasteiger partial charge on any atom is -0.386 e. The molecule has 94 valence electrons. The molecule has 0 amide bonds. The van der Waals surface area contributed by atoms with Gasteiger partial charge in [-0.25, -0.2) is 0 Å². The highest BCUT2D eigenvalue weighted by Crippen LogP contribution is 2.29.